The highest BCUT2D eigenvalue weighted by Crippen LogP contribution is 2.22. The summed E-state index contributed by atoms with van der Waals surface area (Å²) in [6.07, 6.45) is 3.86. The minimum Gasteiger partial charge on any atom is -0.306 e. The van der Waals surface area contributed by atoms with E-state index in [4.69, 9.17) is 0 Å². The highest BCUT2D eigenvalue weighted by Gasteiger charge is 2.24. The maximum Gasteiger partial charge on any atom is 0.252 e. The molecule has 0 spiro atoms. The van der Waals surface area contributed by atoms with Crippen molar-refractivity contribution in [2.75, 3.05) is 19.6 Å². The number of nitrogens with zero attached hydrogens (tertiary/aromatic N) is 6. The van der Waals surface area contributed by atoms with Crippen LogP contribution < -0.4 is 5.32 Å². The summed E-state index contributed by atoms with van der Waals surface area (Å²) in [5.41, 5.74) is 2.02. The van der Waals surface area contributed by atoms with Gasteiger partial charge in [-0.15, -0.1) is 11.3 Å². The number of carbonyl (C=O) groups is 1. The first-order chi connectivity index (χ1) is 12.6. The molecule has 9 heteroatoms. The number of piperazine rings is 1. The lowest BCUT2D eigenvalue weighted by atomic mass is 10.1. The summed E-state index contributed by atoms with van der Waals surface area (Å²) in [5, 5.41) is 8.79. The average molecular weight is 371 g/mol. The zero-order chi connectivity index (χ0) is 18.1. The predicted octanol–water partition coefficient (Wildman–Crippen LogP) is 1.17. The van der Waals surface area contributed by atoms with Gasteiger partial charge in [0.25, 0.3) is 5.78 Å². The highest BCUT2D eigenvalue weighted by atomic mass is 32.1. The number of thiazole rings is 1. The molecule has 1 aliphatic rings. The molecular weight excluding hydrogens is 350 g/mol. The summed E-state index contributed by atoms with van der Waals surface area (Å²) in [6, 6.07) is 2.24. The highest BCUT2D eigenvalue weighted by molar-refractivity contribution is 7.11. The van der Waals surface area contributed by atoms with Crippen molar-refractivity contribution >= 4 is 22.9 Å². The van der Waals surface area contributed by atoms with Crippen molar-refractivity contribution in [2.24, 2.45) is 0 Å². The predicted molar refractivity (Wildman–Crippen MR) is 98.0 cm³/mol. The largest absolute Gasteiger partial charge is 0.306 e. The van der Waals surface area contributed by atoms with E-state index in [1.54, 1.807) is 24.6 Å². The number of hydrogen-bond donors (Lipinski definition) is 1. The van der Waals surface area contributed by atoms with E-state index in [-0.39, 0.29) is 11.8 Å². The normalized spacial score (nSPS) is 18.5. The van der Waals surface area contributed by atoms with E-state index < -0.39 is 0 Å². The number of aromatic nitrogens is 5. The van der Waals surface area contributed by atoms with Crippen molar-refractivity contribution in [3.05, 3.63) is 39.9 Å². The summed E-state index contributed by atoms with van der Waals surface area (Å²) in [5.74, 6) is 0.785. The van der Waals surface area contributed by atoms with Crippen molar-refractivity contribution < 1.29 is 4.79 Å². The SMILES string of the molecule is CC(=O)Cc1ncc(CN2CCNC(c3cc(C)nc4ncnn34)C2)s1. The molecule has 1 aliphatic heterocycles. The smallest absolute Gasteiger partial charge is 0.252 e. The Kier molecular flexibility index (Phi) is 4.75. The van der Waals surface area contributed by atoms with Crippen LogP contribution in [-0.4, -0.2) is 54.9 Å². The molecule has 136 valence electrons. The van der Waals surface area contributed by atoms with E-state index >= 15 is 0 Å². The topological polar surface area (TPSA) is 88.3 Å². The van der Waals surface area contributed by atoms with E-state index in [0.29, 0.717) is 12.2 Å². The third kappa shape index (κ3) is 3.64. The second-order valence-corrected chi connectivity index (χ2v) is 7.83. The number of Topliss-reactive ketones (excluding diaryl/α,β-unsaturated/α-hetero) is 1. The maximum atomic E-state index is 11.3. The third-order valence-corrected chi connectivity index (χ3v) is 5.39. The molecule has 0 bridgehead atoms. The van der Waals surface area contributed by atoms with Crippen LogP contribution in [0, 0.1) is 6.92 Å². The molecule has 1 atom stereocenters. The van der Waals surface area contributed by atoms with Crippen LogP contribution in [0.15, 0.2) is 18.6 Å². The van der Waals surface area contributed by atoms with Gasteiger partial charge in [0.2, 0.25) is 0 Å². The van der Waals surface area contributed by atoms with Crippen LogP contribution in [0.4, 0.5) is 0 Å². The van der Waals surface area contributed by atoms with Gasteiger partial charge in [0.05, 0.1) is 18.2 Å². The number of aryl methyl sites for hydroxylation is 1. The Bertz CT molecular complexity index is 934. The second-order valence-electron chi connectivity index (χ2n) is 6.64. The van der Waals surface area contributed by atoms with Crippen molar-refractivity contribution in [3.8, 4) is 0 Å². The Morgan fingerprint density at radius 1 is 1.42 bits per heavy atom. The van der Waals surface area contributed by atoms with E-state index in [1.165, 1.54) is 4.88 Å². The average Bonchev–Trinajstić information content (AvgIpc) is 3.23. The molecule has 4 heterocycles. The van der Waals surface area contributed by atoms with Gasteiger partial charge in [-0.2, -0.15) is 14.6 Å². The molecule has 0 aliphatic carbocycles. The van der Waals surface area contributed by atoms with Gasteiger partial charge in [0, 0.05) is 42.9 Å². The van der Waals surface area contributed by atoms with Crippen LogP contribution in [0.2, 0.25) is 0 Å². The Balaban J connectivity index is 1.49. The van der Waals surface area contributed by atoms with Gasteiger partial charge in [-0.05, 0) is 19.9 Å². The van der Waals surface area contributed by atoms with Gasteiger partial charge in [-0.3, -0.25) is 9.69 Å². The van der Waals surface area contributed by atoms with Crippen LogP contribution in [0.3, 0.4) is 0 Å². The number of fused-ring (bicyclic) bond motifs is 1. The standard InChI is InChI=1S/C17H21N7OS/c1-11-5-15(24-17(22-11)20-10-21-24)14-9-23(4-3-18-14)8-13-7-19-16(26-13)6-12(2)25/h5,7,10,14,18H,3-4,6,8-9H2,1-2H3. The Morgan fingerprint density at radius 2 is 2.31 bits per heavy atom. The minimum absolute atomic E-state index is 0.151. The quantitative estimate of drug-likeness (QED) is 0.720. The lowest BCUT2D eigenvalue weighted by Gasteiger charge is -2.33. The molecule has 4 rings (SSSR count). The molecule has 0 aromatic carbocycles. The van der Waals surface area contributed by atoms with E-state index in [0.717, 1.165) is 42.6 Å². The Labute approximate surface area is 155 Å². The van der Waals surface area contributed by atoms with Crippen molar-refractivity contribution in [1.29, 1.82) is 0 Å². The fourth-order valence-corrected chi connectivity index (χ4v) is 4.33. The van der Waals surface area contributed by atoms with Crippen molar-refractivity contribution in [2.45, 2.75) is 32.9 Å². The molecule has 3 aromatic heterocycles. The zero-order valence-corrected chi connectivity index (χ0v) is 15.7. The lowest BCUT2D eigenvalue weighted by Crippen LogP contribution is -2.45. The van der Waals surface area contributed by atoms with Crippen LogP contribution in [-0.2, 0) is 17.8 Å². The minimum atomic E-state index is 0.151. The molecule has 0 amide bonds. The molecule has 1 fully saturated rings. The summed E-state index contributed by atoms with van der Waals surface area (Å²) in [6.45, 7) is 7.18. The summed E-state index contributed by atoms with van der Waals surface area (Å²) in [4.78, 5) is 27.9. The first-order valence-corrected chi connectivity index (χ1v) is 9.46. The van der Waals surface area contributed by atoms with Crippen LogP contribution in [0.1, 0.15) is 34.2 Å². The summed E-state index contributed by atoms with van der Waals surface area (Å²) < 4.78 is 1.81. The van der Waals surface area contributed by atoms with Crippen LogP contribution >= 0.6 is 11.3 Å². The van der Waals surface area contributed by atoms with Gasteiger partial charge in [-0.1, -0.05) is 0 Å². The first-order valence-electron chi connectivity index (χ1n) is 8.64. The summed E-state index contributed by atoms with van der Waals surface area (Å²) in [7, 11) is 0. The zero-order valence-electron chi connectivity index (χ0n) is 14.8. The number of nitrogens with one attached hydrogen (secondary N) is 1. The molecule has 0 saturated carbocycles. The fraction of sp³-hybridized carbons (Fsp3) is 0.471. The number of ketones is 1. The molecule has 3 aromatic rings. The van der Waals surface area contributed by atoms with Crippen LogP contribution in [0.5, 0.6) is 0 Å². The van der Waals surface area contributed by atoms with Gasteiger partial charge < -0.3 is 5.32 Å². The van der Waals surface area contributed by atoms with Crippen molar-refractivity contribution in [3.63, 3.8) is 0 Å². The van der Waals surface area contributed by atoms with Crippen molar-refractivity contribution in [1.82, 2.24) is 34.8 Å². The number of carbonyl (C=O) groups excluding carboxylic acids is 1. The Morgan fingerprint density at radius 3 is 3.15 bits per heavy atom. The van der Waals surface area contributed by atoms with Crippen LogP contribution in [0.25, 0.3) is 5.78 Å². The molecule has 26 heavy (non-hydrogen) atoms. The monoisotopic (exact) mass is 371 g/mol. The number of hydrogen-bond acceptors (Lipinski definition) is 8. The van der Waals surface area contributed by atoms with Gasteiger partial charge in [0.1, 0.15) is 17.1 Å². The molecule has 0 radical (unpaired) electrons. The summed E-state index contributed by atoms with van der Waals surface area (Å²) >= 11 is 1.63. The van der Waals surface area contributed by atoms with Gasteiger partial charge in [0.15, 0.2) is 0 Å². The van der Waals surface area contributed by atoms with E-state index in [2.05, 4.69) is 36.3 Å². The molecule has 1 unspecified atom stereocenters. The van der Waals surface area contributed by atoms with Gasteiger partial charge >= 0.3 is 0 Å². The van der Waals surface area contributed by atoms with Gasteiger partial charge in [-0.25, -0.2) is 9.97 Å². The molecular formula is C17H21N7OS. The Hall–Kier alpha value is -2.23. The van der Waals surface area contributed by atoms with E-state index in [9.17, 15) is 4.79 Å². The third-order valence-electron chi connectivity index (χ3n) is 4.41. The maximum absolute atomic E-state index is 11.3. The fourth-order valence-electron chi connectivity index (χ4n) is 3.30. The number of rotatable bonds is 5. The molecule has 1 saturated heterocycles. The molecule has 1 N–H and O–H groups in total. The second kappa shape index (κ2) is 7.18. The molecule has 8 nitrogen and oxygen atoms in total. The first kappa shape index (κ1) is 17.2. The van der Waals surface area contributed by atoms with E-state index in [1.807, 2.05) is 17.6 Å². The lowest BCUT2D eigenvalue weighted by molar-refractivity contribution is -0.116.